The number of fused-ring (bicyclic) bond motifs is 1. The molecule has 0 bridgehead atoms. The highest BCUT2D eigenvalue weighted by molar-refractivity contribution is 7.46. The van der Waals surface area contributed by atoms with Gasteiger partial charge in [-0.05, 0) is 20.3 Å². The summed E-state index contributed by atoms with van der Waals surface area (Å²) in [6.45, 7) is 3.22. The normalized spacial score (nSPS) is 32.0. The standard InChI is InChI=1S/C13H19N2O8P/c1-13(2)22-10-7(6-21-24(18,19)20)5-8(11(10)23-13)15-4-3-9(16)14-12(15)17/h3-4,7-8,10-11H,5-6H2,1-2H3,(H,14,16,17)(H2,18,19,20)/t7?,8-,10-,11?/m1/s1. The van der Waals surface area contributed by atoms with Crippen molar-refractivity contribution in [2.75, 3.05) is 6.61 Å². The van der Waals surface area contributed by atoms with Gasteiger partial charge in [-0.15, -0.1) is 0 Å². The van der Waals surface area contributed by atoms with Crippen molar-refractivity contribution in [3.8, 4) is 0 Å². The van der Waals surface area contributed by atoms with E-state index in [0.29, 0.717) is 6.42 Å². The van der Waals surface area contributed by atoms with Crippen molar-refractivity contribution in [1.29, 1.82) is 0 Å². The molecule has 0 radical (unpaired) electrons. The van der Waals surface area contributed by atoms with Crippen LogP contribution in [-0.2, 0) is 18.6 Å². The van der Waals surface area contributed by atoms with Crippen LogP contribution in [0.2, 0.25) is 0 Å². The Morgan fingerprint density at radius 2 is 2.04 bits per heavy atom. The van der Waals surface area contributed by atoms with Gasteiger partial charge in [0, 0.05) is 18.2 Å². The Kier molecular flexibility index (Phi) is 4.31. The van der Waals surface area contributed by atoms with Gasteiger partial charge in [-0.2, -0.15) is 0 Å². The van der Waals surface area contributed by atoms with Gasteiger partial charge in [-0.25, -0.2) is 9.36 Å². The lowest BCUT2D eigenvalue weighted by Crippen LogP contribution is -2.36. The molecule has 10 nitrogen and oxygen atoms in total. The minimum atomic E-state index is -4.61. The van der Waals surface area contributed by atoms with Crippen molar-refractivity contribution in [1.82, 2.24) is 9.55 Å². The largest absolute Gasteiger partial charge is 0.469 e. The van der Waals surface area contributed by atoms with E-state index in [2.05, 4.69) is 9.51 Å². The first-order valence-corrected chi connectivity index (χ1v) is 8.96. The molecule has 1 aliphatic heterocycles. The topological polar surface area (TPSA) is 140 Å². The zero-order chi connectivity index (χ0) is 17.7. The van der Waals surface area contributed by atoms with Crippen molar-refractivity contribution < 1.29 is 28.3 Å². The Labute approximate surface area is 136 Å². The van der Waals surface area contributed by atoms with Crippen LogP contribution in [0.4, 0.5) is 0 Å². The van der Waals surface area contributed by atoms with Crippen LogP contribution in [0, 0.1) is 5.92 Å². The van der Waals surface area contributed by atoms with E-state index in [1.54, 1.807) is 13.8 Å². The van der Waals surface area contributed by atoms with E-state index in [9.17, 15) is 14.2 Å². The fourth-order valence-corrected chi connectivity index (χ4v) is 3.76. The predicted molar refractivity (Wildman–Crippen MR) is 80.3 cm³/mol. The lowest BCUT2D eigenvalue weighted by molar-refractivity contribution is -0.161. The molecule has 1 aromatic heterocycles. The molecular formula is C13H19N2O8P. The van der Waals surface area contributed by atoms with Crippen LogP contribution in [0.5, 0.6) is 0 Å². The van der Waals surface area contributed by atoms with Crippen LogP contribution in [-0.4, -0.2) is 43.9 Å². The SMILES string of the molecule is CC1(C)OC2[C@H](O1)C(COP(=O)(O)O)C[C@H]2n1ccc(=O)[nH]c1=O. The van der Waals surface area contributed by atoms with E-state index in [-0.39, 0.29) is 12.5 Å². The monoisotopic (exact) mass is 362 g/mol. The second kappa shape index (κ2) is 5.91. The number of aromatic nitrogens is 2. The summed E-state index contributed by atoms with van der Waals surface area (Å²) in [5.41, 5.74) is -1.08. The Balaban J connectivity index is 1.89. The van der Waals surface area contributed by atoms with Gasteiger partial charge in [-0.3, -0.25) is 18.9 Å². The van der Waals surface area contributed by atoms with Gasteiger partial charge in [0.1, 0.15) is 6.10 Å². The lowest BCUT2D eigenvalue weighted by atomic mass is 10.1. The third-order valence-corrected chi connectivity index (χ3v) is 4.70. The van der Waals surface area contributed by atoms with E-state index in [1.807, 2.05) is 0 Å². The van der Waals surface area contributed by atoms with E-state index >= 15 is 0 Å². The first-order valence-electron chi connectivity index (χ1n) is 7.43. The van der Waals surface area contributed by atoms with Gasteiger partial charge < -0.3 is 19.3 Å². The molecule has 3 N–H and O–H groups in total. The molecule has 0 spiro atoms. The zero-order valence-corrected chi connectivity index (χ0v) is 14.0. The minimum Gasteiger partial charge on any atom is -0.344 e. The molecule has 0 aromatic carbocycles. The zero-order valence-electron chi connectivity index (χ0n) is 13.1. The molecule has 1 saturated heterocycles. The smallest absolute Gasteiger partial charge is 0.344 e. The number of ether oxygens (including phenoxy) is 2. The predicted octanol–water partition coefficient (Wildman–Crippen LogP) is -0.273. The number of hydrogen-bond acceptors (Lipinski definition) is 6. The lowest BCUT2D eigenvalue weighted by Gasteiger charge is -2.24. The average molecular weight is 362 g/mol. The first kappa shape index (κ1) is 17.5. The van der Waals surface area contributed by atoms with Gasteiger partial charge in [0.05, 0.1) is 18.8 Å². The summed E-state index contributed by atoms with van der Waals surface area (Å²) in [6.07, 6.45) is 0.769. The third-order valence-electron chi connectivity index (χ3n) is 4.22. The average Bonchev–Trinajstić information content (AvgIpc) is 2.90. The molecule has 1 saturated carbocycles. The van der Waals surface area contributed by atoms with Gasteiger partial charge in [0.15, 0.2) is 5.79 Å². The summed E-state index contributed by atoms with van der Waals surface area (Å²) in [6, 6.07) is 0.795. The van der Waals surface area contributed by atoms with Crippen molar-refractivity contribution in [2.24, 2.45) is 5.92 Å². The summed E-state index contributed by atoms with van der Waals surface area (Å²) in [5.74, 6) is -1.26. The van der Waals surface area contributed by atoms with Gasteiger partial charge >= 0.3 is 13.5 Å². The molecule has 3 rings (SSSR count). The molecule has 0 amide bonds. The number of rotatable bonds is 4. The van der Waals surface area contributed by atoms with Crippen LogP contribution >= 0.6 is 7.82 Å². The highest BCUT2D eigenvalue weighted by atomic mass is 31.2. The maximum Gasteiger partial charge on any atom is 0.469 e. The van der Waals surface area contributed by atoms with E-state index in [4.69, 9.17) is 19.3 Å². The second-order valence-corrected chi connectivity index (χ2v) is 7.67. The minimum absolute atomic E-state index is 0.223. The molecule has 2 unspecified atom stereocenters. The van der Waals surface area contributed by atoms with Crippen LogP contribution in [0.3, 0.4) is 0 Å². The molecule has 1 aliphatic carbocycles. The molecule has 2 aliphatic rings. The number of nitrogens with zero attached hydrogens (tertiary/aromatic N) is 1. The number of H-pyrrole nitrogens is 1. The Hall–Kier alpha value is -1.29. The van der Waals surface area contributed by atoms with Crippen molar-refractivity contribution in [3.05, 3.63) is 33.1 Å². The molecule has 11 heteroatoms. The summed E-state index contributed by atoms with van der Waals surface area (Å²) in [5, 5.41) is 0. The summed E-state index contributed by atoms with van der Waals surface area (Å²) < 4.78 is 28.6. The molecule has 134 valence electrons. The number of aromatic amines is 1. The van der Waals surface area contributed by atoms with E-state index < -0.39 is 43.1 Å². The maximum absolute atomic E-state index is 12.1. The maximum atomic E-state index is 12.1. The highest BCUT2D eigenvalue weighted by Gasteiger charge is 2.55. The quantitative estimate of drug-likeness (QED) is 0.622. The van der Waals surface area contributed by atoms with E-state index in [0.717, 1.165) is 0 Å². The van der Waals surface area contributed by atoms with Crippen LogP contribution in [0.25, 0.3) is 0 Å². The molecule has 2 fully saturated rings. The van der Waals surface area contributed by atoms with Gasteiger partial charge in [0.25, 0.3) is 5.56 Å². The number of phosphoric ester groups is 1. The van der Waals surface area contributed by atoms with Crippen LogP contribution in [0.15, 0.2) is 21.9 Å². The van der Waals surface area contributed by atoms with Crippen molar-refractivity contribution >= 4 is 7.82 Å². The van der Waals surface area contributed by atoms with Gasteiger partial charge in [0.2, 0.25) is 0 Å². The molecule has 24 heavy (non-hydrogen) atoms. The van der Waals surface area contributed by atoms with Gasteiger partial charge in [-0.1, -0.05) is 0 Å². The molecular weight excluding hydrogens is 343 g/mol. The fraction of sp³-hybridized carbons (Fsp3) is 0.692. The van der Waals surface area contributed by atoms with Crippen LogP contribution < -0.4 is 11.2 Å². The molecule has 1 aromatic rings. The molecule has 2 heterocycles. The van der Waals surface area contributed by atoms with E-state index in [1.165, 1.54) is 16.8 Å². The third kappa shape index (κ3) is 3.53. The summed E-state index contributed by atoms with van der Waals surface area (Å²) in [4.78, 5) is 43.3. The first-order chi connectivity index (χ1) is 11.1. The van der Waals surface area contributed by atoms with Crippen LogP contribution in [0.1, 0.15) is 26.3 Å². The number of hydrogen-bond donors (Lipinski definition) is 3. The molecule has 4 atom stereocenters. The Morgan fingerprint density at radius 1 is 1.38 bits per heavy atom. The highest BCUT2D eigenvalue weighted by Crippen LogP contribution is 2.48. The summed E-state index contributed by atoms with van der Waals surface area (Å²) >= 11 is 0. The Morgan fingerprint density at radius 3 is 2.67 bits per heavy atom. The fourth-order valence-electron chi connectivity index (χ4n) is 3.37. The number of phosphoric acid groups is 1. The second-order valence-electron chi connectivity index (χ2n) is 6.43. The summed E-state index contributed by atoms with van der Waals surface area (Å²) in [7, 11) is -4.61. The van der Waals surface area contributed by atoms with Crippen molar-refractivity contribution in [3.63, 3.8) is 0 Å². The van der Waals surface area contributed by atoms with Crippen molar-refractivity contribution in [2.45, 2.75) is 44.3 Å². The number of nitrogens with one attached hydrogen (secondary N) is 1. The Bertz CT molecular complexity index is 781.